The summed E-state index contributed by atoms with van der Waals surface area (Å²) in [7, 11) is 2.91. The molecule has 1 unspecified atom stereocenters. The summed E-state index contributed by atoms with van der Waals surface area (Å²) in [6.07, 6.45) is -1.09. The van der Waals surface area contributed by atoms with Crippen LogP contribution >= 0.6 is 15.9 Å². The predicted octanol–water partition coefficient (Wildman–Crippen LogP) is 3.85. The average molecular weight is 450 g/mol. The van der Waals surface area contributed by atoms with Gasteiger partial charge < -0.3 is 19.5 Å². The molecule has 148 valence electrons. The number of nitrogens with one attached hydrogen (secondary N) is 1. The van der Waals surface area contributed by atoms with Crippen molar-refractivity contribution >= 4 is 39.3 Å². The van der Waals surface area contributed by atoms with Gasteiger partial charge in [-0.25, -0.2) is 4.79 Å². The molecule has 2 aromatic rings. The molecule has 0 radical (unpaired) electrons. The van der Waals surface area contributed by atoms with Crippen LogP contribution in [0.3, 0.4) is 0 Å². The highest BCUT2D eigenvalue weighted by atomic mass is 79.9. The van der Waals surface area contributed by atoms with Crippen molar-refractivity contribution in [2.45, 2.75) is 20.0 Å². The number of ether oxygens (including phenoxy) is 3. The zero-order chi connectivity index (χ0) is 20.8. The molecule has 0 spiro atoms. The number of carbonyl (C=O) groups is 3. The summed E-state index contributed by atoms with van der Waals surface area (Å²) in [6, 6.07) is 9.56. The quantitative estimate of drug-likeness (QED) is 0.509. The maximum Gasteiger partial charge on any atom is 0.339 e. The Labute approximate surface area is 171 Å². The second kappa shape index (κ2) is 9.36. The minimum absolute atomic E-state index is 0.167. The van der Waals surface area contributed by atoms with Crippen LogP contribution in [-0.4, -0.2) is 38.0 Å². The number of anilines is 1. The van der Waals surface area contributed by atoms with E-state index in [1.807, 2.05) is 0 Å². The minimum Gasteiger partial charge on any atom is -0.495 e. The van der Waals surface area contributed by atoms with E-state index in [4.69, 9.17) is 14.2 Å². The van der Waals surface area contributed by atoms with Gasteiger partial charge in [0.2, 0.25) is 0 Å². The number of para-hydroxylation sites is 1. The zero-order valence-corrected chi connectivity index (χ0v) is 17.5. The Kier molecular flexibility index (Phi) is 7.17. The Morgan fingerprint density at radius 2 is 1.61 bits per heavy atom. The van der Waals surface area contributed by atoms with E-state index >= 15 is 0 Å². The second-order valence-corrected chi connectivity index (χ2v) is 6.63. The van der Waals surface area contributed by atoms with E-state index in [0.717, 1.165) is 0 Å². The van der Waals surface area contributed by atoms with Crippen molar-refractivity contribution in [3.8, 4) is 11.5 Å². The van der Waals surface area contributed by atoms with Crippen molar-refractivity contribution < 1.29 is 28.6 Å². The van der Waals surface area contributed by atoms with E-state index in [-0.39, 0.29) is 11.3 Å². The molecule has 0 heterocycles. The van der Waals surface area contributed by atoms with Crippen LogP contribution in [0.1, 0.15) is 34.6 Å². The molecular weight excluding hydrogens is 430 g/mol. The lowest BCUT2D eigenvalue weighted by Gasteiger charge is -2.16. The number of methoxy groups -OCH3 is 2. The van der Waals surface area contributed by atoms with Crippen LogP contribution < -0.4 is 14.8 Å². The highest BCUT2D eigenvalue weighted by molar-refractivity contribution is 9.10. The first-order chi connectivity index (χ1) is 13.3. The smallest absolute Gasteiger partial charge is 0.339 e. The third-order valence-corrected chi connectivity index (χ3v) is 4.68. The molecule has 8 heteroatoms. The Morgan fingerprint density at radius 1 is 1.04 bits per heavy atom. The molecule has 28 heavy (non-hydrogen) atoms. The number of benzene rings is 2. The average Bonchev–Trinajstić information content (AvgIpc) is 2.68. The molecule has 2 aromatic carbocycles. The Morgan fingerprint density at radius 3 is 2.14 bits per heavy atom. The molecule has 0 fully saturated rings. The fourth-order valence-electron chi connectivity index (χ4n) is 2.40. The normalized spacial score (nSPS) is 11.3. The number of hydrogen-bond acceptors (Lipinski definition) is 6. The molecule has 1 amide bonds. The molecule has 1 atom stereocenters. The minimum atomic E-state index is -1.09. The van der Waals surface area contributed by atoms with E-state index in [1.165, 1.54) is 40.2 Å². The van der Waals surface area contributed by atoms with Crippen molar-refractivity contribution in [3.63, 3.8) is 0 Å². The van der Waals surface area contributed by atoms with Gasteiger partial charge in [-0.15, -0.1) is 0 Å². The molecule has 0 saturated heterocycles. The zero-order valence-electron chi connectivity index (χ0n) is 15.9. The third kappa shape index (κ3) is 4.89. The summed E-state index contributed by atoms with van der Waals surface area (Å²) in [6.45, 7) is 2.85. The number of rotatable bonds is 7. The van der Waals surface area contributed by atoms with Gasteiger partial charge >= 0.3 is 5.97 Å². The molecule has 0 aromatic heterocycles. The summed E-state index contributed by atoms with van der Waals surface area (Å²) >= 11 is 3.32. The summed E-state index contributed by atoms with van der Waals surface area (Å²) in [5, 5.41) is 2.61. The number of carbonyl (C=O) groups excluding carboxylic acids is 3. The van der Waals surface area contributed by atoms with Crippen LogP contribution in [0.15, 0.2) is 40.9 Å². The van der Waals surface area contributed by atoms with Gasteiger partial charge in [-0.3, -0.25) is 9.59 Å². The van der Waals surface area contributed by atoms with Crippen LogP contribution in [0.4, 0.5) is 5.69 Å². The van der Waals surface area contributed by atoms with E-state index in [9.17, 15) is 14.4 Å². The lowest BCUT2D eigenvalue weighted by molar-refractivity contribution is -0.123. The number of esters is 1. The van der Waals surface area contributed by atoms with Crippen molar-refractivity contribution in [2.24, 2.45) is 0 Å². The van der Waals surface area contributed by atoms with Crippen LogP contribution in [0.2, 0.25) is 0 Å². The predicted molar refractivity (Wildman–Crippen MR) is 107 cm³/mol. The lowest BCUT2D eigenvalue weighted by Crippen LogP contribution is -2.30. The summed E-state index contributed by atoms with van der Waals surface area (Å²) in [5.41, 5.74) is 0.896. The maximum absolute atomic E-state index is 12.5. The van der Waals surface area contributed by atoms with Gasteiger partial charge in [0.05, 0.1) is 25.5 Å². The van der Waals surface area contributed by atoms with E-state index in [2.05, 4.69) is 21.2 Å². The Balaban J connectivity index is 2.14. The summed E-state index contributed by atoms with van der Waals surface area (Å²) in [5.74, 6) is -0.683. The number of Topliss-reactive ketones (excluding diaryl/α,β-unsaturated/α-hetero) is 1. The van der Waals surface area contributed by atoms with Gasteiger partial charge in [-0.1, -0.05) is 12.1 Å². The Hall–Kier alpha value is -2.87. The second-order valence-electron chi connectivity index (χ2n) is 5.83. The molecule has 7 nitrogen and oxygen atoms in total. The number of ketones is 1. The van der Waals surface area contributed by atoms with Crippen molar-refractivity contribution in [3.05, 3.63) is 52.0 Å². The van der Waals surface area contributed by atoms with Gasteiger partial charge in [0.25, 0.3) is 5.91 Å². The monoisotopic (exact) mass is 449 g/mol. The van der Waals surface area contributed by atoms with Crippen molar-refractivity contribution in [1.82, 2.24) is 0 Å². The number of amides is 1. The number of hydrogen-bond donors (Lipinski definition) is 1. The van der Waals surface area contributed by atoms with Crippen LogP contribution in [0, 0.1) is 0 Å². The van der Waals surface area contributed by atoms with E-state index < -0.39 is 18.0 Å². The van der Waals surface area contributed by atoms with E-state index in [0.29, 0.717) is 27.2 Å². The standard InChI is InChI=1S/C20H20BrNO6/c1-11(23)14-7-5-6-8-15(14)22-19(24)12(2)28-20(25)13-9-16(26-3)18(21)17(10-13)27-4/h5-10,12H,1-4H3,(H,22,24). The fraction of sp³-hybridized carbons (Fsp3) is 0.250. The molecule has 0 aliphatic rings. The van der Waals surface area contributed by atoms with Gasteiger partial charge in [-0.05, 0) is 54.0 Å². The molecule has 0 saturated carbocycles. The first-order valence-corrected chi connectivity index (χ1v) is 9.11. The number of halogens is 1. The van der Waals surface area contributed by atoms with Gasteiger partial charge in [0, 0.05) is 5.56 Å². The third-order valence-electron chi connectivity index (χ3n) is 3.90. The molecular formula is C20H20BrNO6. The molecule has 0 aliphatic carbocycles. The van der Waals surface area contributed by atoms with Gasteiger partial charge in [-0.2, -0.15) is 0 Å². The highest BCUT2D eigenvalue weighted by Crippen LogP contribution is 2.35. The molecule has 0 bridgehead atoms. The van der Waals surface area contributed by atoms with Gasteiger partial charge in [0.1, 0.15) is 16.0 Å². The first-order valence-electron chi connectivity index (χ1n) is 8.31. The molecule has 1 N–H and O–H groups in total. The maximum atomic E-state index is 12.5. The van der Waals surface area contributed by atoms with Crippen LogP contribution in [0.25, 0.3) is 0 Å². The lowest BCUT2D eigenvalue weighted by atomic mass is 10.1. The first kappa shape index (κ1) is 21.4. The van der Waals surface area contributed by atoms with E-state index in [1.54, 1.807) is 24.3 Å². The van der Waals surface area contributed by atoms with Crippen molar-refractivity contribution in [1.29, 1.82) is 0 Å². The van der Waals surface area contributed by atoms with Crippen LogP contribution in [-0.2, 0) is 9.53 Å². The molecule has 2 rings (SSSR count). The van der Waals surface area contributed by atoms with Gasteiger partial charge in [0.15, 0.2) is 11.9 Å². The summed E-state index contributed by atoms with van der Waals surface area (Å²) in [4.78, 5) is 36.5. The highest BCUT2D eigenvalue weighted by Gasteiger charge is 2.22. The SMILES string of the molecule is COc1cc(C(=O)OC(C)C(=O)Nc2ccccc2C(C)=O)cc(OC)c1Br. The molecule has 0 aliphatic heterocycles. The Bertz CT molecular complexity index is 886. The largest absolute Gasteiger partial charge is 0.495 e. The summed E-state index contributed by atoms with van der Waals surface area (Å²) < 4.78 is 16.2. The van der Waals surface area contributed by atoms with Crippen LogP contribution in [0.5, 0.6) is 11.5 Å². The topological polar surface area (TPSA) is 90.9 Å². The van der Waals surface area contributed by atoms with Crippen molar-refractivity contribution in [2.75, 3.05) is 19.5 Å². The fourth-order valence-corrected chi connectivity index (χ4v) is 2.96.